The van der Waals surface area contributed by atoms with Gasteiger partial charge < -0.3 is 20.1 Å². The van der Waals surface area contributed by atoms with Gasteiger partial charge in [-0.2, -0.15) is 0 Å². The summed E-state index contributed by atoms with van der Waals surface area (Å²) in [4.78, 5) is 36.0. The molecule has 1 atom stereocenters. The van der Waals surface area contributed by atoms with E-state index in [1.807, 2.05) is 18.2 Å². The highest BCUT2D eigenvalue weighted by Crippen LogP contribution is 2.30. The highest BCUT2D eigenvalue weighted by molar-refractivity contribution is 7.90. The van der Waals surface area contributed by atoms with Crippen LogP contribution in [0.25, 0.3) is 11.0 Å². The number of hydrogen-bond donors (Lipinski definition) is 3. The van der Waals surface area contributed by atoms with Crippen molar-refractivity contribution in [2.24, 2.45) is 17.8 Å². The molecular weight excluding hydrogens is 560 g/mol. The average molecular weight is 601 g/mol. The highest BCUT2D eigenvalue weighted by Gasteiger charge is 2.39. The number of carboxylic acid groups (broad SMARTS) is 1. The fourth-order valence-corrected chi connectivity index (χ4v) is 6.61. The van der Waals surface area contributed by atoms with Crippen LogP contribution in [-0.2, 0) is 17.1 Å². The molecule has 3 aromatic rings. The van der Waals surface area contributed by atoms with Gasteiger partial charge in [-0.15, -0.1) is 0 Å². The van der Waals surface area contributed by atoms with Gasteiger partial charge in [0.25, 0.3) is 10.0 Å². The summed E-state index contributed by atoms with van der Waals surface area (Å²) in [5.41, 5.74) is 8.16. The minimum atomic E-state index is -4.05. The van der Waals surface area contributed by atoms with Crippen molar-refractivity contribution in [2.75, 3.05) is 13.7 Å². The lowest BCUT2D eigenvalue weighted by atomic mass is 9.97. The molecule has 1 amide bonds. The van der Waals surface area contributed by atoms with E-state index in [0.29, 0.717) is 28.0 Å². The molecule has 0 aliphatic rings. The van der Waals surface area contributed by atoms with Crippen LogP contribution in [0.5, 0.6) is 5.75 Å². The van der Waals surface area contributed by atoms with Crippen molar-refractivity contribution in [3.63, 3.8) is 0 Å². The Morgan fingerprint density at radius 3 is 2.40 bits per heavy atom. The van der Waals surface area contributed by atoms with E-state index in [9.17, 15) is 23.1 Å². The summed E-state index contributed by atoms with van der Waals surface area (Å²) in [6, 6.07) is 7.86. The zero-order valence-corrected chi connectivity index (χ0v) is 26.2. The van der Waals surface area contributed by atoms with E-state index in [1.165, 1.54) is 7.11 Å². The molecule has 1 aromatic heterocycles. The number of hydrogen-bond acceptors (Lipinski definition) is 7. The monoisotopic (exact) mass is 600 g/mol. The summed E-state index contributed by atoms with van der Waals surface area (Å²) >= 11 is 0. The van der Waals surface area contributed by atoms with Gasteiger partial charge in [-0.3, -0.25) is 14.7 Å². The van der Waals surface area contributed by atoms with Crippen LogP contribution >= 0.6 is 0 Å². The lowest BCUT2D eigenvalue weighted by Gasteiger charge is -2.38. The van der Waals surface area contributed by atoms with Crippen molar-refractivity contribution < 1.29 is 27.9 Å². The predicted molar refractivity (Wildman–Crippen MR) is 162 cm³/mol. The number of benzene rings is 2. The smallest absolute Gasteiger partial charge is 0.408 e. The second-order valence-corrected chi connectivity index (χ2v) is 12.8. The quantitative estimate of drug-likeness (QED) is 0.136. The maximum atomic E-state index is 13.8. The Kier molecular flexibility index (Phi) is 9.56. The van der Waals surface area contributed by atoms with E-state index >= 15 is 0 Å². The first kappa shape index (κ1) is 32.4. The molecule has 228 valence electrons. The van der Waals surface area contributed by atoms with Crippen LogP contribution in [0.15, 0.2) is 40.2 Å². The van der Waals surface area contributed by atoms with E-state index in [1.54, 1.807) is 65.3 Å². The van der Waals surface area contributed by atoms with Crippen molar-refractivity contribution in [3.05, 3.63) is 52.8 Å². The summed E-state index contributed by atoms with van der Waals surface area (Å²) < 4.78 is 35.6. The number of aliphatic imine (C=N–C) groups is 1. The lowest BCUT2D eigenvalue weighted by molar-refractivity contribution is 0.0519. The van der Waals surface area contributed by atoms with Gasteiger partial charge >= 0.3 is 6.09 Å². The first-order valence-corrected chi connectivity index (χ1v) is 14.9. The maximum Gasteiger partial charge on any atom is 0.408 e. The number of sulfonamides is 1. The van der Waals surface area contributed by atoms with Gasteiger partial charge in [0.05, 0.1) is 23.0 Å². The molecule has 0 aliphatic heterocycles. The van der Waals surface area contributed by atoms with E-state index < -0.39 is 33.5 Å². The van der Waals surface area contributed by atoms with E-state index in [-0.39, 0.29) is 36.1 Å². The van der Waals surface area contributed by atoms with E-state index in [0.717, 1.165) is 10.4 Å². The Bertz CT molecular complexity index is 1640. The van der Waals surface area contributed by atoms with Gasteiger partial charge in [-0.25, -0.2) is 22.9 Å². The molecule has 13 heteroatoms. The molecule has 0 aliphatic carbocycles. The Morgan fingerprint density at radius 1 is 1.19 bits per heavy atom. The van der Waals surface area contributed by atoms with Gasteiger partial charge in [-0.1, -0.05) is 12.1 Å². The van der Waals surface area contributed by atoms with E-state index in [2.05, 4.69) is 14.7 Å². The Balaban J connectivity index is 1.83. The molecule has 0 saturated heterocycles. The normalized spacial score (nSPS) is 13.2. The van der Waals surface area contributed by atoms with Crippen LogP contribution in [0.4, 0.5) is 4.79 Å². The molecule has 42 heavy (non-hydrogen) atoms. The molecule has 0 fully saturated rings. The number of fused-ring (bicyclic) bond motifs is 1. The number of para-hydroxylation sites is 2. The van der Waals surface area contributed by atoms with Crippen molar-refractivity contribution >= 4 is 38.9 Å². The van der Waals surface area contributed by atoms with Crippen LogP contribution in [-0.4, -0.2) is 71.0 Å². The largest absolute Gasteiger partial charge is 0.496 e. The van der Waals surface area contributed by atoms with Gasteiger partial charge in [0, 0.05) is 19.1 Å². The first-order chi connectivity index (χ1) is 19.5. The van der Waals surface area contributed by atoms with Crippen LogP contribution in [0.1, 0.15) is 60.9 Å². The Hall–Kier alpha value is -4.13. The standard InChI is InChI=1S/C29H40N6O6S/c1-17-16-23(41-8)18(2)19(3)25(17)42(39,40)33-27(30)31-15-11-14-22(35(28(37)38)29(4,5)6)24(36)26-32-20-12-9-10-13-21(20)34(26)7/h9-10,12-13,16,22H,11,14-15H2,1-8H3,(H,37,38)(H3,30,31,33)/t22-/m0/s1. The minimum Gasteiger partial charge on any atom is -0.496 e. The number of nitrogens with two attached hydrogens (primary N) is 1. The third-order valence-electron chi connectivity index (χ3n) is 7.17. The topological polar surface area (TPSA) is 169 Å². The van der Waals surface area contributed by atoms with Crippen molar-refractivity contribution in [3.8, 4) is 5.75 Å². The summed E-state index contributed by atoms with van der Waals surface area (Å²) in [6.07, 6.45) is -0.871. The van der Waals surface area contributed by atoms with Crippen molar-refractivity contribution in [1.82, 2.24) is 19.2 Å². The summed E-state index contributed by atoms with van der Waals surface area (Å²) in [7, 11) is -0.811. The second kappa shape index (κ2) is 12.4. The number of amides is 1. The number of nitrogens with one attached hydrogen (secondary N) is 1. The summed E-state index contributed by atoms with van der Waals surface area (Å²) in [5, 5.41) is 10.1. The second-order valence-electron chi connectivity index (χ2n) is 11.2. The van der Waals surface area contributed by atoms with Crippen LogP contribution in [0, 0.1) is 20.8 Å². The molecule has 1 heterocycles. The third kappa shape index (κ3) is 6.67. The molecule has 4 N–H and O–H groups in total. The Labute approximate surface area is 246 Å². The molecular formula is C29H40N6O6S. The number of carbonyl (C=O) groups excluding carboxylic acids is 1. The zero-order chi connectivity index (χ0) is 31.6. The van der Waals surface area contributed by atoms with Gasteiger partial charge in [0.1, 0.15) is 11.8 Å². The number of methoxy groups -OCH3 is 1. The van der Waals surface area contributed by atoms with Crippen molar-refractivity contribution in [2.45, 2.75) is 70.9 Å². The molecule has 3 rings (SSSR count). The number of Topliss-reactive ketones (excluding diaryl/α,β-unsaturated/α-hetero) is 1. The maximum absolute atomic E-state index is 13.8. The van der Waals surface area contributed by atoms with Gasteiger partial charge in [0.2, 0.25) is 11.7 Å². The molecule has 2 aromatic carbocycles. The van der Waals surface area contributed by atoms with Crippen LogP contribution in [0.2, 0.25) is 0 Å². The Morgan fingerprint density at radius 2 is 1.83 bits per heavy atom. The van der Waals surface area contributed by atoms with Gasteiger partial charge in [-0.05, 0) is 89.3 Å². The number of aromatic nitrogens is 2. The number of nitrogens with zero attached hydrogens (tertiary/aromatic N) is 4. The summed E-state index contributed by atoms with van der Waals surface area (Å²) in [5.74, 6) is -0.0251. The molecule has 0 spiro atoms. The molecule has 0 saturated carbocycles. The number of ketones is 1. The number of ether oxygens (including phenoxy) is 1. The molecule has 0 unspecified atom stereocenters. The van der Waals surface area contributed by atoms with Crippen molar-refractivity contribution in [1.29, 1.82) is 0 Å². The van der Waals surface area contributed by atoms with Gasteiger partial charge in [0.15, 0.2) is 5.82 Å². The third-order valence-corrected chi connectivity index (χ3v) is 8.82. The summed E-state index contributed by atoms with van der Waals surface area (Å²) in [6.45, 7) is 10.3. The van der Waals surface area contributed by atoms with Crippen LogP contribution in [0.3, 0.4) is 0 Å². The highest BCUT2D eigenvalue weighted by atomic mass is 32.2. The van der Waals surface area contributed by atoms with Crippen LogP contribution < -0.4 is 15.2 Å². The number of rotatable bonds is 10. The SMILES string of the molecule is COc1cc(C)c(S(=O)(=O)NC(N)=NCCC[C@@H](C(=O)c2nc3ccccc3n2C)N(C(=O)O)C(C)(C)C)c(C)c1C. The number of imidazole rings is 1. The fourth-order valence-electron chi connectivity index (χ4n) is 5.13. The lowest BCUT2D eigenvalue weighted by Crippen LogP contribution is -2.54. The molecule has 0 bridgehead atoms. The van der Waals surface area contributed by atoms with E-state index in [4.69, 9.17) is 10.5 Å². The average Bonchev–Trinajstić information content (AvgIpc) is 3.22. The zero-order valence-electron chi connectivity index (χ0n) is 25.3. The fraction of sp³-hybridized carbons (Fsp3) is 0.448. The number of carbonyl (C=O) groups is 2. The predicted octanol–water partition coefficient (Wildman–Crippen LogP) is 3.91. The molecule has 0 radical (unpaired) electrons. The minimum absolute atomic E-state index is 0.0535. The number of aryl methyl sites for hydroxylation is 2. The number of guanidine groups is 1. The first-order valence-electron chi connectivity index (χ1n) is 13.5. The molecule has 12 nitrogen and oxygen atoms in total.